The van der Waals surface area contributed by atoms with E-state index < -0.39 is 29.8 Å². The molecule has 3 heterocycles. The number of likely N-dealkylation sites (N-methyl/N-ethyl adjacent to an activating group) is 1. The maximum absolute atomic E-state index is 14.2. The molecule has 50 heavy (non-hydrogen) atoms. The number of aromatic nitrogens is 1. The lowest BCUT2D eigenvalue weighted by atomic mass is 10.00. The fourth-order valence-electron chi connectivity index (χ4n) is 6.51. The molecule has 2 aliphatic rings. The number of pyridine rings is 1. The maximum atomic E-state index is 14.2. The Morgan fingerprint density at radius 3 is 2.46 bits per heavy atom. The van der Waals surface area contributed by atoms with Gasteiger partial charge in [-0.3, -0.25) is 19.2 Å². The van der Waals surface area contributed by atoms with Gasteiger partial charge in [0.2, 0.25) is 11.8 Å². The molecule has 3 aromatic rings. The molecule has 1 aromatic heterocycles. The second-order valence-electron chi connectivity index (χ2n) is 13.4. The first-order valence-electron chi connectivity index (χ1n) is 17.2. The van der Waals surface area contributed by atoms with E-state index in [-0.39, 0.29) is 37.0 Å². The monoisotopic (exact) mass is 684 g/mol. The summed E-state index contributed by atoms with van der Waals surface area (Å²) in [7, 11) is 5.09. The van der Waals surface area contributed by atoms with Crippen molar-refractivity contribution in [2.45, 2.75) is 58.0 Å². The van der Waals surface area contributed by atoms with Gasteiger partial charge in [0.25, 0.3) is 11.8 Å². The van der Waals surface area contributed by atoms with Crippen molar-refractivity contribution < 1.29 is 28.7 Å². The number of nitrogens with one attached hydrogen (secondary N) is 3. The number of fused-ring (bicyclic) bond motifs is 3. The van der Waals surface area contributed by atoms with Crippen LogP contribution in [0.2, 0.25) is 0 Å². The molecule has 12 nitrogen and oxygen atoms in total. The van der Waals surface area contributed by atoms with Crippen molar-refractivity contribution in [3.63, 3.8) is 0 Å². The van der Waals surface area contributed by atoms with Crippen molar-refractivity contribution in [1.82, 2.24) is 25.8 Å². The van der Waals surface area contributed by atoms with Crippen LogP contribution in [0.1, 0.15) is 64.2 Å². The Morgan fingerprint density at radius 2 is 1.74 bits per heavy atom. The Bertz CT molecular complexity index is 1690. The zero-order valence-electron chi connectivity index (χ0n) is 29.6. The minimum absolute atomic E-state index is 0.0754. The zero-order chi connectivity index (χ0) is 35.8. The number of aryl methyl sites for hydroxylation is 1. The highest BCUT2D eigenvalue weighted by molar-refractivity contribution is 5.98. The molecule has 4 amide bonds. The van der Waals surface area contributed by atoms with Crippen LogP contribution in [0.3, 0.4) is 0 Å². The van der Waals surface area contributed by atoms with Gasteiger partial charge in [0.15, 0.2) is 0 Å². The third-order valence-electron chi connectivity index (χ3n) is 9.13. The molecule has 2 aromatic carbocycles. The minimum atomic E-state index is -0.937. The van der Waals surface area contributed by atoms with Crippen molar-refractivity contribution >= 4 is 29.4 Å². The third-order valence-corrected chi connectivity index (χ3v) is 9.13. The summed E-state index contributed by atoms with van der Waals surface area (Å²) in [6.07, 6.45) is 2.72. The second kappa shape index (κ2) is 16.5. The van der Waals surface area contributed by atoms with E-state index in [0.717, 1.165) is 35.5 Å². The van der Waals surface area contributed by atoms with Crippen molar-refractivity contribution in [3.8, 4) is 11.5 Å². The molecule has 0 fully saturated rings. The van der Waals surface area contributed by atoms with Gasteiger partial charge in [0.1, 0.15) is 29.1 Å². The number of hydrogen-bond acceptors (Lipinski definition) is 8. The molecule has 3 N–H and O–H groups in total. The van der Waals surface area contributed by atoms with Gasteiger partial charge >= 0.3 is 0 Å². The van der Waals surface area contributed by atoms with E-state index in [2.05, 4.69) is 20.9 Å². The van der Waals surface area contributed by atoms with Gasteiger partial charge in [-0.05, 0) is 84.7 Å². The molecule has 0 radical (unpaired) electrons. The van der Waals surface area contributed by atoms with E-state index in [9.17, 15) is 19.2 Å². The van der Waals surface area contributed by atoms with Gasteiger partial charge in [0, 0.05) is 44.7 Å². The SMILES string of the molecule is COc1ccc(C[C@@H]2NC(=O)c3ccc(OC)c(c3)CCCNC(=O)CN(C(=O)c3ccc4c(n3)N(C)CC4)C[C@H](CC(C)C)NC2=O)cc1. The first kappa shape index (κ1) is 36.2. The van der Waals surface area contributed by atoms with Crippen molar-refractivity contribution in [2.24, 2.45) is 5.92 Å². The number of methoxy groups -OCH3 is 2. The van der Waals surface area contributed by atoms with Crippen LogP contribution in [0.25, 0.3) is 0 Å². The van der Waals surface area contributed by atoms with Crippen molar-refractivity contribution in [3.05, 3.63) is 82.5 Å². The van der Waals surface area contributed by atoms with Crippen LogP contribution in [-0.4, -0.2) is 93.0 Å². The molecule has 2 aliphatic heterocycles. The Kier molecular flexibility index (Phi) is 11.9. The first-order chi connectivity index (χ1) is 24.0. The highest BCUT2D eigenvalue weighted by atomic mass is 16.5. The molecule has 0 saturated heterocycles. The predicted molar refractivity (Wildman–Crippen MR) is 191 cm³/mol. The van der Waals surface area contributed by atoms with E-state index in [1.165, 1.54) is 4.90 Å². The molecule has 2 bridgehead atoms. The first-order valence-corrected chi connectivity index (χ1v) is 17.2. The molecular weight excluding hydrogens is 636 g/mol. The summed E-state index contributed by atoms with van der Waals surface area (Å²) in [5.41, 5.74) is 3.33. The molecule has 2 atom stereocenters. The quantitative estimate of drug-likeness (QED) is 0.345. The van der Waals surface area contributed by atoms with Crippen LogP contribution in [0.5, 0.6) is 11.5 Å². The van der Waals surface area contributed by atoms with Crippen LogP contribution in [0, 0.1) is 5.92 Å². The Morgan fingerprint density at radius 1 is 0.960 bits per heavy atom. The van der Waals surface area contributed by atoms with E-state index in [0.29, 0.717) is 42.9 Å². The number of nitrogens with zero attached hydrogens (tertiary/aromatic N) is 3. The molecule has 0 aliphatic carbocycles. The Balaban J connectivity index is 1.49. The van der Waals surface area contributed by atoms with E-state index in [1.54, 1.807) is 38.5 Å². The van der Waals surface area contributed by atoms with Crippen molar-refractivity contribution in [1.29, 1.82) is 0 Å². The van der Waals surface area contributed by atoms with Gasteiger partial charge in [-0.15, -0.1) is 0 Å². The number of carbonyl (C=O) groups is 4. The fraction of sp³-hybridized carbons (Fsp3) is 0.447. The van der Waals surface area contributed by atoms with Gasteiger partial charge in [-0.1, -0.05) is 32.0 Å². The Labute approximate surface area is 293 Å². The smallest absolute Gasteiger partial charge is 0.273 e. The number of ether oxygens (including phenoxy) is 2. The average Bonchev–Trinajstić information content (AvgIpc) is 3.48. The van der Waals surface area contributed by atoms with Crippen LogP contribution in [0.4, 0.5) is 5.82 Å². The normalized spacial score (nSPS) is 18.9. The topological polar surface area (TPSA) is 142 Å². The largest absolute Gasteiger partial charge is 0.497 e. The summed E-state index contributed by atoms with van der Waals surface area (Å²) in [5.74, 6) is 0.709. The summed E-state index contributed by atoms with van der Waals surface area (Å²) in [6.45, 7) is 5.11. The van der Waals surface area contributed by atoms with E-state index in [1.807, 2.05) is 56.1 Å². The number of hydrogen-bond donors (Lipinski definition) is 3. The van der Waals surface area contributed by atoms with Crippen LogP contribution in [0.15, 0.2) is 54.6 Å². The summed E-state index contributed by atoms with van der Waals surface area (Å²) in [4.78, 5) is 63.5. The van der Waals surface area contributed by atoms with Gasteiger partial charge in [0.05, 0.1) is 20.8 Å². The van der Waals surface area contributed by atoms with Crippen LogP contribution < -0.4 is 30.3 Å². The number of carbonyl (C=O) groups excluding carboxylic acids is 4. The molecule has 5 rings (SSSR count). The standard InChI is InChI=1S/C38H48N6O6/c1-24(2)19-29-22-44(38(48)31-14-10-26-16-18-43(3)35(26)41-31)23-34(45)39-17-6-7-27-21-28(11-15-33(27)50-5)36(46)42-32(37(47)40-29)20-25-8-12-30(49-4)13-9-25/h8-15,21,24,29,32H,6-7,16-20,22-23H2,1-5H3,(H,39,45)(H,40,47)(H,42,46)/t29-,32-/m0/s1. The summed E-state index contributed by atoms with van der Waals surface area (Å²) < 4.78 is 10.9. The Hall–Kier alpha value is -5.13. The van der Waals surface area contributed by atoms with Gasteiger partial charge in [-0.2, -0.15) is 0 Å². The summed E-state index contributed by atoms with van der Waals surface area (Å²) in [5, 5.41) is 9.04. The lowest BCUT2D eigenvalue weighted by molar-refractivity contribution is -0.123. The molecule has 266 valence electrons. The minimum Gasteiger partial charge on any atom is -0.497 e. The summed E-state index contributed by atoms with van der Waals surface area (Å²) in [6, 6.07) is 14.7. The highest BCUT2D eigenvalue weighted by Crippen LogP contribution is 2.25. The average molecular weight is 685 g/mol. The van der Waals surface area contributed by atoms with Gasteiger partial charge in [-0.25, -0.2) is 4.98 Å². The van der Waals surface area contributed by atoms with E-state index in [4.69, 9.17) is 9.47 Å². The molecular formula is C38H48N6O6. The number of amides is 4. The number of anilines is 1. The van der Waals surface area contributed by atoms with Crippen LogP contribution in [-0.2, 0) is 28.9 Å². The predicted octanol–water partition coefficient (Wildman–Crippen LogP) is 3.17. The highest BCUT2D eigenvalue weighted by Gasteiger charge is 2.30. The van der Waals surface area contributed by atoms with Gasteiger partial charge < -0.3 is 35.2 Å². The van der Waals surface area contributed by atoms with Crippen molar-refractivity contribution in [2.75, 3.05) is 52.3 Å². The third kappa shape index (κ3) is 9.10. The zero-order valence-corrected chi connectivity index (χ0v) is 29.6. The molecule has 12 heteroatoms. The number of benzene rings is 2. The van der Waals surface area contributed by atoms with Crippen LogP contribution >= 0.6 is 0 Å². The fourth-order valence-corrected chi connectivity index (χ4v) is 6.51. The molecule has 0 unspecified atom stereocenters. The molecule has 0 saturated carbocycles. The number of rotatable bonds is 7. The molecule has 0 spiro atoms. The maximum Gasteiger partial charge on any atom is 0.273 e. The van der Waals surface area contributed by atoms with E-state index >= 15 is 0 Å². The lowest BCUT2D eigenvalue weighted by Gasteiger charge is -2.30. The summed E-state index contributed by atoms with van der Waals surface area (Å²) >= 11 is 0. The lowest BCUT2D eigenvalue weighted by Crippen LogP contribution is -2.54. The second-order valence-corrected chi connectivity index (χ2v) is 13.4.